The number of nitrogens with two attached hydrogens (primary N) is 1. The van der Waals surface area contributed by atoms with Gasteiger partial charge in [0.15, 0.2) is 0 Å². The highest BCUT2D eigenvalue weighted by Gasteiger charge is 2.27. The molecule has 1 amide bonds. The molecule has 3 aromatic rings. The van der Waals surface area contributed by atoms with Crippen LogP contribution in [0.3, 0.4) is 0 Å². The van der Waals surface area contributed by atoms with Crippen molar-refractivity contribution in [3.63, 3.8) is 0 Å². The van der Waals surface area contributed by atoms with Crippen molar-refractivity contribution in [3.8, 4) is 0 Å². The molecule has 1 saturated carbocycles. The van der Waals surface area contributed by atoms with Gasteiger partial charge in [0.2, 0.25) is 0 Å². The van der Waals surface area contributed by atoms with Crippen LogP contribution >= 0.6 is 0 Å². The topological polar surface area (TPSA) is 78.9 Å². The third kappa shape index (κ3) is 4.34. The summed E-state index contributed by atoms with van der Waals surface area (Å²) in [7, 11) is 2.04. The number of fused-ring (bicyclic) bond motifs is 2. The molecular weight excluding hydrogens is 455 g/mol. The van der Waals surface area contributed by atoms with Crippen molar-refractivity contribution in [2.45, 2.75) is 38.3 Å². The van der Waals surface area contributed by atoms with E-state index >= 15 is 0 Å². The first-order chi connectivity index (χ1) is 17.5. The SMILES string of the molecule is CN1CCNc2cc(C(=O)N3CCCC(N)C3)cc(/N=C/c3cc4c(F)cccc4n3CC3CC3)c21. The zero-order valence-electron chi connectivity index (χ0n) is 20.7. The van der Waals surface area contributed by atoms with Gasteiger partial charge in [-0.3, -0.25) is 9.79 Å². The molecule has 188 valence electrons. The highest BCUT2D eigenvalue weighted by Crippen LogP contribution is 2.40. The van der Waals surface area contributed by atoms with E-state index < -0.39 is 0 Å². The summed E-state index contributed by atoms with van der Waals surface area (Å²) < 4.78 is 16.8. The van der Waals surface area contributed by atoms with Crippen molar-refractivity contribution in [2.75, 3.05) is 43.4 Å². The number of aromatic nitrogens is 1. The summed E-state index contributed by atoms with van der Waals surface area (Å²) in [6.45, 7) is 3.81. The van der Waals surface area contributed by atoms with Crippen LogP contribution in [0.25, 0.3) is 10.9 Å². The lowest BCUT2D eigenvalue weighted by Crippen LogP contribution is -2.45. The Kier molecular flexibility index (Phi) is 5.91. The standard InChI is InChI=1S/C28H33FN6O/c1-33-11-9-31-24-12-19(28(36)34-10-3-4-20(30)17-34)13-25(27(24)33)32-15-21-14-22-23(29)5-2-6-26(22)35(21)16-18-7-8-18/h2,5-6,12-15,18,20,31H,3-4,7-11,16-17,30H2,1H3/b32-15+. The zero-order chi connectivity index (χ0) is 24.8. The molecule has 0 bridgehead atoms. The number of carbonyl (C=O) groups excluding carboxylic acids is 1. The predicted octanol–water partition coefficient (Wildman–Crippen LogP) is 4.37. The van der Waals surface area contributed by atoms with E-state index in [1.165, 1.54) is 18.9 Å². The minimum absolute atomic E-state index is 0.00987. The average molecular weight is 489 g/mol. The van der Waals surface area contributed by atoms with Gasteiger partial charge < -0.3 is 25.4 Å². The molecule has 1 aliphatic carbocycles. The molecule has 1 aromatic heterocycles. The number of hydrogen-bond donors (Lipinski definition) is 2. The van der Waals surface area contributed by atoms with Crippen LogP contribution in [-0.4, -0.2) is 60.9 Å². The molecule has 3 N–H and O–H groups in total. The van der Waals surface area contributed by atoms with Crippen molar-refractivity contribution in [3.05, 3.63) is 53.5 Å². The van der Waals surface area contributed by atoms with Crippen molar-refractivity contribution in [1.82, 2.24) is 9.47 Å². The Morgan fingerprint density at radius 2 is 2.08 bits per heavy atom. The third-order valence-electron chi connectivity index (χ3n) is 7.62. The Hall–Kier alpha value is -3.39. The third-order valence-corrected chi connectivity index (χ3v) is 7.62. The van der Waals surface area contributed by atoms with E-state index in [0.29, 0.717) is 23.4 Å². The summed E-state index contributed by atoms with van der Waals surface area (Å²) in [6, 6.07) is 11.0. The van der Waals surface area contributed by atoms with Gasteiger partial charge >= 0.3 is 0 Å². The van der Waals surface area contributed by atoms with E-state index in [9.17, 15) is 9.18 Å². The molecule has 6 rings (SSSR count). The quantitative estimate of drug-likeness (QED) is 0.523. The van der Waals surface area contributed by atoms with Crippen LogP contribution in [0.15, 0.2) is 41.4 Å². The monoisotopic (exact) mass is 488 g/mol. The van der Waals surface area contributed by atoms with E-state index in [4.69, 9.17) is 10.7 Å². The van der Waals surface area contributed by atoms with Crippen molar-refractivity contribution in [1.29, 1.82) is 0 Å². The fourth-order valence-corrected chi connectivity index (χ4v) is 5.50. The number of likely N-dealkylation sites (N-methyl/N-ethyl adjacent to an activating group) is 1. The summed E-state index contributed by atoms with van der Waals surface area (Å²) in [5.41, 5.74) is 11.1. The van der Waals surface area contributed by atoms with Gasteiger partial charge in [0, 0.05) is 56.8 Å². The van der Waals surface area contributed by atoms with Gasteiger partial charge in [-0.05, 0) is 61.9 Å². The van der Waals surface area contributed by atoms with Crippen LogP contribution in [0.2, 0.25) is 0 Å². The molecule has 2 aromatic carbocycles. The number of benzene rings is 2. The Morgan fingerprint density at radius 3 is 2.89 bits per heavy atom. The van der Waals surface area contributed by atoms with Crippen LogP contribution in [0, 0.1) is 11.7 Å². The second-order valence-electron chi connectivity index (χ2n) is 10.4. The maximum Gasteiger partial charge on any atom is 0.254 e. The molecule has 0 spiro atoms. The van der Waals surface area contributed by atoms with E-state index in [1.807, 2.05) is 42.4 Å². The lowest BCUT2D eigenvalue weighted by molar-refractivity contribution is 0.0709. The molecule has 0 radical (unpaired) electrons. The van der Waals surface area contributed by atoms with E-state index in [0.717, 1.165) is 67.3 Å². The number of aliphatic imine (C=N–C) groups is 1. The maximum absolute atomic E-state index is 14.6. The van der Waals surface area contributed by atoms with Crippen LogP contribution in [-0.2, 0) is 6.54 Å². The summed E-state index contributed by atoms with van der Waals surface area (Å²) in [5.74, 6) is 0.408. The maximum atomic E-state index is 14.6. The van der Waals surface area contributed by atoms with Gasteiger partial charge in [0.1, 0.15) is 5.82 Å². The molecule has 1 unspecified atom stereocenters. The fourth-order valence-electron chi connectivity index (χ4n) is 5.50. The molecule has 3 aliphatic rings. The second kappa shape index (κ2) is 9.24. The molecule has 36 heavy (non-hydrogen) atoms. The lowest BCUT2D eigenvalue weighted by atomic mass is 10.0. The highest BCUT2D eigenvalue weighted by molar-refractivity contribution is 6.00. The molecule has 2 fully saturated rings. The van der Waals surface area contributed by atoms with Crippen LogP contribution < -0.4 is 16.0 Å². The molecular formula is C28H33FN6O. The van der Waals surface area contributed by atoms with Crippen LogP contribution in [0.4, 0.5) is 21.5 Å². The minimum atomic E-state index is -0.217. The van der Waals surface area contributed by atoms with Crippen LogP contribution in [0.5, 0.6) is 0 Å². The number of halogens is 1. The number of piperidine rings is 1. The second-order valence-corrected chi connectivity index (χ2v) is 10.4. The first-order valence-electron chi connectivity index (χ1n) is 13.0. The predicted molar refractivity (Wildman–Crippen MR) is 143 cm³/mol. The molecule has 2 aliphatic heterocycles. The molecule has 7 nitrogen and oxygen atoms in total. The number of rotatable bonds is 5. The number of nitrogens with zero attached hydrogens (tertiary/aromatic N) is 4. The number of anilines is 2. The number of nitrogens with one attached hydrogen (secondary N) is 1. The van der Waals surface area contributed by atoms with Gasteiger partial charge in [0.25, 0.3) is 5.91 Å². The number of amides is 1. The number of likely N-dealkylation sites (tertiary alicyclic amines) is 1. The van der Waals surface area contributed by atoms with E-state index in [-0.39, 0.29) is 17.8 Å². The first kappa shape index (κ1) is 23.0. The van der Waals surface area contributed by atoms with E-state index in [2.05, 4.69) is 14.8 Å². The van der Waals surface area contributed by atoms with E-state index in [1.54, 1.807) is 6.07 Å². The minimum Gasteiger partial charge on any atom is -0.382 e. The average Bonchev–Trinajstić information content (AvgIpc) is 3.62. The van der Waals surface area contributed by atoms with Crippen LogP contribution in [0.1, 0.15) is 41.7 Å². The van der Waals surface area contributed by atoms with Gasteiger partial charge in [-0.25, -0.2) is 4.39 Å². The summed E-state index contributed by atoms with van der Waals surface area (Å²) in [5, 5.41) is 4.06. The molecule has 3 heterocycles. The van der Waals surface area contributed by atoms with Crippen molar-refractivity contribution in [2.24, 2.45) is 16.6 Å². The van der Waals surface area contributed by atoms with Gasteiger partial charge in [-0.2, -0.15) is 0 Å². The number of carbonyl (C=O) groups is 1. The van der Waals surface area contributed by atoms with Crippen molar-refractivity contribution < 1.29 is 9.18 Å². The zero-order valence-corrected chi connectivity index (χ0v) is 20.7. The normalized spacial score (nSPS) is 20.1. The summed E-state index contributed by atoms with van der Waals surface area (Å²) in [4.78, 5) is 22.3. The first-order valence-corrected chi connectivity index (χ1v) is 13.0. The smallest absolute Gasteiger partial charge is 0.254 e. The molecule has 8 heteroatoms. The Morgan fingerprint density at radius 1 is 1.22 bits per heavy atom. The van der Waals surface area contributed by atoms with Crippen molar-refractivity contribution >= 4 is 40.1 Å². The lowest BCUT2D eigenvalue weighted by Gasteiger charge is -2.33. The molecule has 1 saturated heterocycles. The molecule has 1 atom stereocenters. The van der Waals surface area contributed by atoms with Gasteiger partial charge in [-0.15, -0.1) is 0 Å². The highest BCUT2D eigenvalue weighted by atomic mass is 19.1. The Labute approximate surface area is 210 Å². The fraction of sp³-hybridized carbons (Fsp3) is 0.429. The summed E-state index contributed by atoms with van der Waals surface area (Å²) >= 11 is 0. The van der Waals surface area contributed by atoms with Gasteiger partial charge in [0.05, 0.1) is 34.5 Å². The largest absolute Gasteiger partial charge is 0.382 e. The summed E-state index contributed by atoms with van der Waals surface area (Å²) in [6.07, 6.45) is 6.11. The Bertz CT molecular complexity index is 1340. The van der Waals surface area contributed by atoms with Gasteiger partial charge in [-0.1, -0.05) is 6.07 Å². The number of hydrogen-bond acceptors (Lipinski definition) is 5. The Balaban J connectivity index is 1.40.